The lowest BCUT2D eigenvalue weighted by molar-refractivity contribution is 0.552. The van der Waals surface area contributed by atoms with Gasteiger partial charge < -0.3 is 5.73 Å². The van der Waals surface area contributed by atoms with Gasteiger partial charge in [-0.15, -0.1) is 0 Å². The van der Waals surface area contributed by atoms with Crippen molar-refractivity contribution < 1.29 is 0 Å². The largest absolute Gasteiger partial charge is 0.308 e. The summed E-state index contributed by atoms with van der Waals surface area (Å²) < 4.78 is 0. The molecule has 0 aliphatic carbocycles. The number of aliphatic imine (C=N–C) groups is 1. The first-order valence-corrected chi connectivity index (χ1v) is 2.89. The van der Waals surface area contributed by atoms with E-state index in [0.29, 0.717) is 0 Å². The van der Waals surface area contributed by atoms with Gasteiger partial charge in [0.25, 0.3) is 0 Å². The molecule has 2 heteroatoms. The van der Waals surface area contributed by atoms with E-state index in [1.807, 2.05) is 27.0 Å². The standard InChI is InChI=1S/C6H14N2/c1-4-5-8-6(2,3)7/h5H,4,7H2,1-3H3. The van der Waals surface area contributed by atoms with Crippen LogP contribution in [0.15, 0.2) is 4.99 Å². The molecule has 0 spiro atoms. The van der Waals surface area contributed by atoms with Crippen LogP contribution in [0, 0.1) is 0 Å². The van der Waals surface area contributed by atoms with Crippen molar-refractivity contribution >= 4 is 6.21 Å². The van der Waals surface area contributed by atoms with E-state index in [1.165, 1.54) is 0 Å². The highest BCUT2D eigenvalue weighted by molar-refractivity contribution is 5.57. The van der Waals surface area contributed by atoms with E-state index in [0.717, 1.165) is 6.42 Å². The quantitative estimate of drug-likeness (QED) is 0.537. The molecule has 0 rings (SSSR count). The summed E-state index contributed by atoms with van der Waals surface area (Å²) in [6.45, 7) is 5.79. The molecule has 0 aromatic carbocycles. The molecular formula is C6H14N2. The molecule has 0 saturated heterocycles. The molecule has 2 nitrogen and oxygen atoms in total. The van der Waals surface area contributed by atoms with E-state index in [4.69, 9.17) is 5.73 Å². The second kappa shape index (κ2) is 2.82. The number of nitrogens with zero attached hydrogens (tertiary/aromatic N) is 1. The predicted octanol–water partition coefficient (Wildman–Crippen LogP) is 1.16. The van der Waals surface area contributed by atoms with E-state index < -0.39 is 0 Å². The minimum Gasteiger partial charge on any atom is -0.308 e. The molecule has 0 aromatic rings. The third-order valence-corrected chi connectivity index (χ3v) is 0.607. The van der Waals surface area contributed by atoms with E-state index in [1.54, 1.807) is 0 Å². The van der Waals surface area contributed by atoms with Crippen LogP contribution >= 0.6 is 0 Å². The number of nitrogens with two attached hydrogens (primary N) is 1. The van der Waals surface area contributed by atoms with Crippen molar-refractivity contribution in [3.05, 3.63) is 0 Å². The van der Waals surface area contributed by atoms with Crippen LogP contribution in [0.1, 0.15) is 27.2 Å². The maximum atomic E-state index is 5.52. The minimum atomic E-state index is -0.379. The second-order valence-electron chi connectivity index (χ2n) is 2.37. The Bertz CT molecular complexity index is 79.0. The highest BCUT2D eigenvalue weighted by Gasteiger charge is 2.03. The summed E-state index contributed by atoms with van der Waals surface area (Å²) in [7, 11) is 0. The van der Waals surface area contributed by atoms with Crippen molar-refractivity contribution in [1.82, 2.24) is 0 Å². The average Bonchev–Trinajstić information content (AvgIpc) is 1.59. The Hall–Kier alpha value is -0.370. The zero-order valence-electron chi connectivity index (χ0n) is 5.81. The van der Waals surface area contributed by atoms with Gasteiger partial charge in [-0.05, 0) is 20.3 Å². The maximum absolute atomic E-state index is 5.52. The minimum absolute atomic E-state index is 0.379. The monoisotopic (exact) mass is 114 g/mol. The van der Waals surface area contributed by atoms with E-state index in [2.05, 4.69) is 4.99 Å². The van der Waals surface area contributed by atoms with E-state index in [9.17, 15) is 0 Å². The van der Waals surface area contributed by atoms with Crippen LogP contribution in [0.5, 0.6) is 0 Å². The Morgan fingerprint density at radius 2 is 2.12 bits per heavy atom. The summed E-state index contributed by atoms with van der Waals surface area (Å²) >= 11 is 0. The van der Waals surface area contributed by atoms with Gasteiger partial charge in [0.1, 0.15) is 5.66 Å². The van der Waals surface area contributed by atoms with Crippen LogP contribution in [0.3, 0.4) is 0 Å². The smallest absolute Gasteiger partial charge is 0.102 e. The predicted molar refractivity (Wildman–Crippen MR) is 37.0 cm³/mol. The summed E-state index contributed by atoms with van der Waals surface area (Å²) in [5, 5.41) is 0. The van der Waals surface area contributed by atoms with Gasteiger partial charge in [0.2, 0.25) is 0 Å². The van der Waals surface area contributed by atoms with Crippen molar-refractivity contribution in [3.8, 4) is 0 Å². The molecular weight excluding hydrogens is 100 g/mol. The molecule has 0 heterocycles. The second-order valence-corrected chi connectivity index (χ2v) is 2.37. The molecule has 0 amide bonds. The molecule has 0 aromatic heterocycles. The Morgan fingerprint density at radius 1 is 1.62 bits per heavy atom. The van der Waals surface area contributed by atoms with Crippen molar-refractivity contribution in [2.24, 2.45) is 10.7 Å². The topological polar surface area (TPSA) is 38.4 Å². The summed E-state index contributed by atoms with van der Waals surface area (Å²) in [5.74, 6) is 0. The molecule has 0 aliphatic rings. The maximum Gasteiger partial charge on any atom is 0.102 e. The van der Waals surface area contributed by atoms with Crippen LogP contribution < -0.4 is 5.73 Å². The Balaban J connectivity index is 3.52. The molecule has 2 N–H and O–H groups in total. The fraction of sp³-hybridized carbons (Fsp3) is 0.833. The Kier molecular flexibility index (Phi) is 2.69. The van der Waals surface area contributed by atoms with E-state index >= 15 is 0 Å². The molecule has 0 atom stereocenters. The van der Waals surface area contributed by atoms with Crippen molar-refractivity contribution in [3.63, 3.8) is 0 Å². The lowest BCUT2D eigenvalue weighted by atomic mass is 10.3. The zero-order valence-corrected chi connectivity index (χ0v) is 5.81. The lowest BCUT2D eigenvalue weighted by Gasteiger charge is -2.10. The van der Waals surface area contributed by atoms with Gasteiger partial charge in [-0.25, -0.2) is 0 Å². The van der Waals surface area contributed by atoms with Gasteiger partial charge in [-0.3, -0.25) is 4.99 Å². The van der Waals surface area contributed by atoms with Gasteiger partial charge in [0.15, 0.2) is 0 Å². The third kappa shape index (κ3) is 5.63. The first kappa shape index (κ1) is 7.63. The van der Waals surface area contributed by atoms with Crippen molar-refractivity contribution in [2.75, 3.05) is 0 Å². The van der Waals surface area contributed by atoms with Crippen LogP contribution in [0.2, 0.25) is 0 Å². The van der Waals surface area contributed by atoms with Crippen LogP contribution in [0.4, 0.5) is 0 Å². The highest BCUT2D eigenvalue weighted by atomic mass is 15.0. The van der Waals surface area contributed by atoms with Crippen LogP contribution in [-0.4, -0.2) is 11.9 Å². The van der Waals surface area contributed by atoms with Gasteiger partial charge in [0.05, 0.1) is 0 Å². The summed E-state index contributed by atoms with van der Waals surface area (Å²) in [5.41, 5.74) is 5.14. The highest BCUT2D eigenvalue weighted by Crippen LogP contribution is 1.95. The Morgan fingerprint density at radius 3 is 2.25 bits per heavy atom. The van der Waals surface area contributed by atoms with Gasteiger partial charge in [-0.2, -0.15) is 0 Å². The van der Waals surface area contributed by atoms with Gasteiger partial charge in [-0.1, -0.05) is 6.92 Å². The average molecular weight is 114 g/mol. The molecule has 48 valence electrons. The summed E-state index contributed by atoms with van der Waals surface area (Å²) in [4.78, 5) is 4.03. The molecule has 0 saturated carbocycles. The third-order valence-electron chi connectivity index (χ3n) is 0.607. The number of rotatable bonds is 2. The molecule has 0 aliphatic heterocycles. The zero-order chi connectivity index (χ0) is 6.62. The molecule has 0 radical (unpaired) electrons. The van der Waals surface area contributed by atoms with E-state index in [-0.39, 0.29) is 5.66 Å². The first-order chi connectivity index (χ1) is 3.56. The van der Waals surface area contributed by atoms with Crippen molar-refractivity contribution in [2.45, 2.75) is 32.9 Å². The Labute approximate surface area is 50.8 Å². The fourth-order valence-electron chi connectivity index (χ4n) is 0.327. The normalized spacial score (nSPS) is 13.0. The fourth-order valence-corrected chi connectivity index (χ4v) is 0.327. The lowest BCUT2D eigenvalue weighted by Crippen LogP contribution is -2.28. The van der Waals surface area contributed by atoms with Crippen LogP contribution in [-0.2, 0) is 0 Å². The first-order valence-electron chi connectivity index (χ1n) is 2.89. The van der Waals surface area contributed by atoms with Gasteiger partial charge in [0, 0.05) is 6.21 Å². The summed E-state index contributed by atoms with van der Waals surface area (Å²) in [6.07, 6.45) is 2.79. The number of hydrogen-bond donors (Lipinski definition) is 1. The molecule has 0 fully saturated rings. The molecule has 8 heavy (non-hydrogen) atoms. The number of hydrogen-bond acceptors (Lipinski definition) is 2. The molecule has 0 unspecified atom stereocenters. The summed E-state index contributed by atoms with van der Waals surface area (Å²) in [6, 6.07) is 0. The molecule has 0 bridgehead atoms. The van der Waals surface area contributed by atoms with Gasteiger partial charge >= 0.3 is 0 Å². The SMILES string of the molecule is CCC=NC(C)(C)N. The van der Waals surface area contributed by atoms with Crippen molar-refractivity contribution in [1.29, 1.82) is 0 Å². The van der Waals surface area contributed by atoms with Crippen LogP contribution in [0.25, 0.3) is 0 Å².